The molecule has 188 valence electrons. The molecule has 1 heterocycles. The third-order valence-electron chi connectivity index (χ3n) is 8.26. The maximum Gasteiger partial charge on any atom is 0.166 e. The van der Waals surface area contributed by atoms with Crippen LogP contribution in [0.2, 0.25) is 0 Å². The van der Waals surface area contributed by atoms with Crippen LogP contribution in [-0.4, -0.2) is 40.7 Å². The van der Waals surface area contributed by atoms with Gasteiger partial charge in [0.15, 0.2) is 5.78 Å². The van der Waals surface area contributed by atoms with Crippen molar-refractivity contribution >= 4 is 22.3 Å². The van der Waals surface area contributed by atoms with Gasteiger partial charge in [-0.3, -0.25) is 14.5 Å². The van der Waals surface area contributed by atoms with Crippen LogP contribution in [-0.2, 0) is 11.2 Å². The van der Waals surface area contributed by atoms with Crippen molar-refractivity contribution in [2.75, 3.05) is 13.1 Å². The van der Waals surface area contributed by atoms with Crippen molar-refractivity contribution in [2.24, 2.45) is 11.8 Å². The molecular formula is C32H37NO3. The van der Waals surface area contributed by atoms with E-state index in [-0.39, 0.29) is 23.5 Å². The summed E-state index contributed by atoms with van der Waals surface area (Å²) in [6.45, 7) is 1.76. The zero-order valence-corrected chi connectivity index (χ0v) is 21.1. The van der Waals surface area contributed by atoms with Crippen molar-refractivity contribution in [1.29, 1.82) is 0 Å². The fourth-order valence-electron chi connectivity index (χ4n) is 6.32. The largest absolute Gasteiger partial charge is 0.507 e. The van der Waals surface area contributed by atoms with Gasteiger partial charge in [-0.05, 0) is 54.5 Å². The van der Waals surface area contributed by atoms with Gasteiger partial charge in [0.25, 0.3) is 0 Å². The van der Waals surface area contributed by atoms with Crippen LogP contribution in [0.3, 0.4) is 0 Å². The molecule has 36 heavy (non-hydrogen) atoms. The highest BCUT2D eigenvalue weighted by Crippen LogP contribution is 2.35. The van der Waals surface area contributed by atoms with Crippen LogP contribution in [0.15, 0.2) is 66.7 Å². The average molecular weight is 484 g/mol. The number of aryl methyl sites for hydroxylation is 1. The summed E-state index contributed by atoms with van der Waals surface area (Å²) < 4.78 is 0. The molecule has 0 spiro atoms. The van der Waals surface area contributed by atoms with Gasteiger partial charge in [-0.25, -0.2) is 0 Å². The lowest BCUT2D eigenvalue weighted by molar-refractivity contribution is -0.123. The van der Waals surface area contributed by atoms with Gasteiger partial charge in [-0.1, -0.05) is 79.9 Å². The zero-order chi connectivity index (χ0) is 24.9. The Labute approximate surface area is 214 Å². The van der Waals surface area contributed by atoms with Gasteiger partial charge in [0.05, 0.1) is 11.6 Å². The van der Waals surface area contributed by atoms with Crippen molar-refractivity contribution in [3.05, 3.63) is 77.9 Å². The molecule has 1 saturated heterocycles. The summed E-state index contributed by atoms with van der Waals surface area (Å²) in [5.74, 6) is 1.14. The maximum atomic E-state index is 13.4. The van der Waals surface area contributed by atoms with Gasteiger partial charge in [-0.2, -0.15) is 0 Å². The fourth-order valence-corrected chi connectivity index (χ4v) is 6.32. The molecule has 2 aliphatic rings. The number of rotatable bonds is 9. The first-order chi connectivity index (χ1) is 17.6. The van der Waals surface area contributed by atoms with Crippen molar-refractivity contribution in [3.8, 4) is 5.75 Å². The van der Waals surface area contributed by atoms with E-state index in [1.165, 1.54) is 37.7 Å². The first kappa shape index (κ1) is 24.7. The predicted molar refractivity (Wildman–Crippen MR) is 144 cm³/mol. The number of hydrogen-bond acceptors (Lipinski definition) is 4. The van der Waals surface area contributed by atoms with Gasteiger partial charge >= 0.3 is 0 Å². The number of carbonyl (C=O) groups excluding carboxylic acids is 2. The molecule has 0 aromatic heterocycles. The van der Waals surface area contributed by atoms with Crippen LogP contribution in [0.1, 0.15) is 67.3 Å². The van der Waals surface area contributed by atoms with Gasteiger partial charge in [-0.15, -0.1) is 0 Å². The summed E-state index contributed by atoms with van der Waals surface area (Å²) in [5.41, 5.74) is 1.59. The van der Waals surface area contributed by atoms with Gasteiger partial charge < -0.3 is 5.11 Å². The van der Waals surface area contributed by atoms with Crippen LogP contribution in [0.5, 0.6) is 5.75 Å². The molecule has 2 fully saturated rings. The Morgan fingerprint density at radius 3 is 2.42 bits per heavy atom. The van der Waals surface area contributed by atoms with Gasteiger partial charge in [0.2, 0.25) is 0 Å². The molecule has 1 saturated carbocycles. The van der Waals surface area contributed by atoms with Crippen LogP contribution < -0.4 is 0 Å². The first-order valence-electron chi connectivity index (χ1n) is 13.6. The first-order valence-corrected chi connectivity index (χ1v) is 13.6. The minimum absolute atomic E-state index is 0.0294. The summed E-state index contributed by atoms with van der Waals surface area (Å²) in [5, 5.41) is 12.4. The number of likely N-dealkylation sites (tertiary alicyclic amines) is 1. The Morgan fingerprint density at radius 2 is 1.61 bits per heavy atom. The fraction of sp³-hybridized carbons (Fsp3) is 0.438. The summed E-state index contributed by atoms with van der Waals surface area (Å²) in [4.78, 5) is 29.1. The number of fused-ring (bicyclic) bond motifs is 1. The Balaban J connectivity index is 1.28. The van der Waals surface area contributed by atoms with Gasteiger partial charge in [0.1, 0.15) is 11.5 Å². The van der Waals surface area contributed by atoms with E-state index >= 15 is 0 Å². The van der Waals surface area contributed by atoms with E-state index in [0.29, 0.717) is 35.5 Å². The Hall–Kier alpha value is -2.98. The third-order valence-corrected chi connectivity index (χ3v) is 8.26. The normalized spacial score (nSPS) is 21.1. The molecule has 1 N–H and O–H groups in total. The minimum Gasteiger partial charge on any atom is -0.507 e. The number of ketones is 2. The van der Waals surface area contributed by atoms with Crippen LogP contribution in [0.4, 0.5) is 0 Å². The summed E-state index contributed by atoms with van der Waals surface area (Å²) in [7, 11) is 0. The molecular weight excluding hydrogens is 446 g/mol. The highest BCUT2D eigenvalue weighted by Gasteiger charge is 2.38. The maximum absolute atomic E-state index is 13.4. The van der Waals surface area contributed by atoms with Crippen molar-refractivity contribution in [3.63, 3.8) is 0 Å². The van der Waals surface area contributed by atoms with Crippen LogP contribution >= 0.6 is 0 Å². The number of aromatic hydroxyl groups is 1. The molecule has 4 nitrogen and oxygen atoms in total. The molecule has 5 rings (SSSR count). The summed E-state index contributed by atoms with van der Waals surface area (Å²) in [6.07, 6.45) is 8.80. The number of carbonyl (C=O) groups is 2. The highest BCUT2D eigenvalue weighted by molar-refractivity contribution is 6.04. The van der Waals surface area contributed by atoms with E-state index in [4.69, 9.17) is 0 Å². The third kappa shape index (κ3) is 5.70. The second kappa shape index (κ2) is 11.4. The molecule has 1 aliphatic carbocycles. The zero-order valence-electron chi connectivity index (χ0n) is 21.1. The Kier molecular flexibility index (Phi) is 7.81. The number of nitrogens with zero attached hydrogens (tertiary/aromatic N) is 1. The molecule has 4 heteroatoms. The second-order valence-corrected chi connectivity index (χ2v) is 10.8. The lowest BCUT2D eigenvalue weighted by Crippen LogP contribution is -2.39. The summed E-state index contributed by atoms with van der Waals surface area (Å²) in [6, 6.07) is 21.4. The van der Waals surface area contributed by atoms with Gasteiger partial charge in [0, 0.05) is 31.3 Å². The molecule has 0 bridgehead atoms. The van der Waals surface area contributed by atoms with E-state index in [9.17, 15) is 14.7 Å². The standard InChI is InChI=1S/C32H37NO3/c34-30(18-15-23-9-3-1-4-10-23)29-19-25(22-33(29)21-24-11-5-2-6-12-24)20-31(35)28-17-16-26-13-7-8-14-27(26)32(28)36/h1,3-4,7-10,13-14,16-17,24-25,29,36H,2,5-6,11-12,15,18-22H2/t25-,29+/m1/s1. The van der Waals surface area contributed by atoms with Crippen molar-refractivity contribution < 1.29 is 14.7 Å². The number of hydrogen-bond donors (Lipinski definition) is 1. The lowest BCUT2D eigenvalue weighted by atomic mass is 9.88. The van der Waals surface area contributed by atoms with E-state index in [0.717, 1.165) is 31.3 Å². The molecule has 0 amide bonds. The molecule has 0 unspecified atom stereocenters. The molecule has 3 aromatic rings. The van der Waals surface area contributed by atoms with Crippen molar-refractivity contribution in [2.45, 2.75) is 63.8 Å². The Morgan fingerprint density at radius 1 is 0.861 bits per heavy atom. The summed E-state index contributed by atoms with van der Waals surface area (Å²) >= 11 is 0. The molecule has 0 radical (unpaired) electrons. The number of benzene rings is 3. The molecule has 3 aromatic carbocycles. The minimum atomic E-state index is -0.0985. The average Bonchev–Trinajstić information content (AvgIpc) is 3.30. The molecule has 2 atom stereocenters. The van der Waals surface area contributed by atoms with Crippen LogP contribution in [0, 0.1) is 11.8 Å². The quantitative estimate of drug-likeness (QED) is 0.349. The van der Waals surface area contributed by atoms with E-state index < -0.39 is 0 Å². The smallest absolute Gasteiger partial charge is 0.166 e. The van der Waals surface area contributed by atoms with Crippen molar-refractivity contribution in [1.82, 2.24) is 4.90 Å². The second-order valence-electron chi connectivity index (χ2n) is 10.8. The van der Waals surface area contributed by atoms with E-state index in [1.54, 1.807) is 6.07 Å². The topological polar surface area (TPSA) is 57.6 Å². The Bertz CT molecular complexity index is 1200. The number of phenolic OH excluding ortho intramolecular Hbond substituents is 1. The monoisotopic (exact) mass is 483 g/mol. The lowest BCUT2D eigenvalue weighted by Gasteiger charge is -2.30. The SMILES string of the molecule is O=C(C[C@H]1C[C@@H](C(=O)CCc2ccccc2)N(CC2CCCCC2)C1)c1ccc2ccccc2c1O. The number of Topliss-reactive ketones (excluding diaryl/α,β-unsaturated/α-hetero) is 2. The predicted octanol–water partition coefficient (Wildman–Crippen LogP) is 6.59. The van der Waals surface area contributed by atoms with E-state index in [1.807, 2.05) is 48.5 Å². The highest BCUT2D eigenvalue weighted by atomic mass is 16.3. The number of phenols is 1. The molecule has 1 aliphatic heterocycles. The van der Waals surface area contributed by atoms with Crippen LogP contribution in [0.25, 0.3) is 10.8 Å². The van der Waals surface area contributed by atoms with E-state index in [2.05, 4.69) is 17.0 Å².